The van der Waals surface area contributed by atoms with Gasteiger partial charge in [-0.25, -0.2) is 9.97 Å². The third-order valence-electron chi connectivity index (χ3n) is 11.1. The summed E-state index contributed by atoms with van der Waals surface area (Å²) in [7, 11) is 0. The first-order chi connectivity index (χ1) is 25.8. The van der Waals surface area contributed by atoms with Crippen molar-refractivity contribution in [3.8, 4) is 22.9 Å². The fraction of sp³-hybridized carbons (Fsp3) is 0.0851. The molecule has 5 heteroatoms. The van der Waals surface area contributed by atoms with Crippen molar-refractivity contribution in [2.45, 2.75) is 18.8 Å². The van der Waals surface area contributed by atoms with E-state index in [0.29, 0.717) is 11.6 Å². The van der Waals surface area contributed by atoms with E-state index in [9.17, 15) is 0 Å². The molecule has 52 heavy (non-hydrogen) atoms. The number of hydrogen-bond donors (Lipinski definition) is 0. The van der Waals surface area contributed by atoms with Crippen molar-refractivity contribution in [3.05, 3.63) is 185 Å². The van der Waals surface area contributed by atoms with Crippen LogP contribution in [0.2, 0.25) is 0 Å². The molecule has 8 aromatic rings. The quantitative estimate of drug-likeness (QED) is 0.188. The second kappa shape index (κ2) is 11.5. The van der Waals surface area contributed by atoms with Crippen LogP contribution in [-0.2, 0) is 6.42 Å². The zero-order valence-corrected chi connectivity index (χ0v) is 28.4. The first-order valence-corrected chi connectivity index (χ1v) is 18.1. The lowest BCUT2D eigenvalue weighted by molar-refractivity contribution is 0.629. The molecule has 0 radical (unpaired) electrons. The smallest absolute Gasteiger partial charge is 0.237 e. The third kappa shape index (κ3) is 4.32. The Morgan fingerprint density at radius 2 is 1.27 bits per heavy atom. The van der Waals surface area contributed by atoms with Crippen LogP contribution in [0.1, 0.15) is 34.9 Å². The van der Waals surface area contributed by atoms with Gasteiger partial charge >= 0.3 is 0 Å². The summed E-state index contributed by atoms with van der Waals surface area (Å²) in [4.78, 5) is 15.2. The molecule has 4 aromatic carbocycles. The van der Waals surface area contributed by atoms with Crippen LogP contribution < -0.4 is 0 Å². The molecule has 0 aliphatic heterocycles. The van der Waals surface area contributed by atoms with Crippen molar-refractivity contribution in [1.82, 2.24) is 24.1 Å². The molecule has 0 N–H and O–H groups in total. The zero-order chi connectivity index (χ0) is 34.2. The monoisotopic (exact) mass is 667 g/mol. The number of aryl methyl sites for hydroxylation is 1. The Morgan fingerprint density at radius 3 is 2.10 bits per heavy atom. The largest absolute Gasteiger partial charge is 0.312 e. The van der Waals surface area contributed by atoms with Crippen LogP contribution in [0.15, 0.2) is 163 Å². The van der Waals surface area contributed by atoms with Crippen molar-refractivity contribution in [2.24, 2.45) is 5.92 Å². The number of nitrogens with zero attached hydrogens (tertiary/aromatic N) is 5. The van der Waals surface area contributed by atoms with E-state index < -0.39 is 0 Å². The van der Waals surface area contributed by atoms with Gasteiger partial charge in [0, 0.05) is 56.7 Å². The first-order valence-electron chi connectivity index (χ1n) is 18.1. The van der Waals surface area contributed by atoms with E-state index in [2.05, 4.69) is 155 Å². The highest BCUT2D eigenvalue weighted by molar-refractivity contribution is 5.97. The number of aromatic nitrogens is 5. The van der Waals surface area contributed by atoms with Gasteiger partial charge in [-0.15, -0.1) is 0 Å². The first kappa shape index (κ1) is 29.2. The fourth-order valence-corrected chi connectivity index (χ4v) is 8.89. The number of para-hydroxylation sites is 3. The van der Waals surface area contributed by atoms with Gasteiger partial charge < -0.3 is 4.57 Å². The summed E-state index contributed by atoms with van der Waals surface area (Å²) in [5, 5.41) is 3.49. The van der Waals surface area contributed by atoms with E-state index in [1.54, 1.807) is 0 Å². The molecule has 11 rings (SSSR count). The van der Waals surface area contributed by atoms with Crippen molar-refractivity contribution in [1.29, 1.82) is 0 Å². The van der Waals surface area contributed by atoms with Gasteiger partial charge in [-0.3, -0.25) is 4.57 Å². The molecule has 0 amide bonds. The van der Waals surface area contributed by atoms with Crippen LogP contribution in [0.5, 0.6) is 0 Å². The summed E-state index contributed by atoms with van der Waals surface area (Å²) in [6.07, 6.45) is 17.9. The Balaban J connectivity index is 1.15. The molecular weight excluding hydrogens is 635 g/mol. The van der Waals surface area contributed by atoms with E-state index in [1.165, 1.54) is 49.9 Å². The van der Waals surface area contributed by atoms with E-state index in [0.717, 1.165) is 40.7 Å². The zero-order valence-electron chi connectivity index (χ0n) is 28.4. The maximum Gasteiger partial charge on any atom is 0.237 e. The van der Waals surface area contributed by atoms with Gasteiger partial charge in [-0.1, -0.05) is 109 Å². The van der Waals surface area contributed by atoms with Crippen LogP contribution in [0.4, 0.5) is 0 Å². The average Bonchev–Trinajstić information content (AvgIpc) is 3.73. The molecule has 0 saturated heterocycles. The van der Waals surface area contributed by atoms with E-state index >= 15 is 0 Å². The second-order valence-electron chi connectivity index (χ2n) is 13.9. The lowest BCUT2D eigenvalue weighted by atomic mass is 9.71. The normalized spacial score (nSPS) is 17.5. The minimum absolute atomic E-state index is 0.212. The fourth-order valence-electron chi connectivity index (χ4n) is 8.89. The molecule has 0 bridgehead atoms. The molecule has 2 unspecified atom stereocenters. The van der Waals surface area contributed by atoms with Crippen molar-refractivity contribution >= 4 is 45.0 Å². The van der Waals surface area contributed by atoms with Crippen LogP contribution in [0.3, 0.4) is 0 Å². The number of hydrogen-bond acceptors (Lipinski definition) is 3. The summed E-state index contributed by atoms with van der Waals surface area (Å²) < 4.78 is 4.76. The molecule has 2 atom stereocenters. The van der Waals surface area contributed by atoms with Gasteiger partial charge in [0.15, 0.2) is 5.65 Å². The second-order valence-corrected chi connectivity index (χ2v) is 13.9. The minimum Gasteiger partial charge on any atom is -0.312 e. The Labute approximate surface area is 301 Å². The van der Waals surface area contributed by atoms with Gasteiger partial charge in [0.25, 0.3) is 0 Å². The van der Waals surface area contributed by atoms with Gasteiger partial charge in [0.05, 0.1) is 22.4 Å². The Kier molecular flexibility index (Phi) is 6.44. The number of benzene rings is 4. The molecule has 0 fully saturated rings. The molecule has 4 aromatic heterocycles. The maximum atomic E-state index is 5.32. The standard InChI is InChI=1S/C47H33N5/c1-3-14-30(15-4-1)44-38-22-13-27-48-46(38)50-47(49-44)52-42-24-12-9-19-34(42)36-26-25-31(28-43(36)52)39-29-40-35-20-10-11-23-41(35)51(32-16-5-2-6-17-32)45(40)37-21-8-7-18-33(37)39/h1-24,27-29,33,37H,25-26H2. The molecule has 0 saturated carbocycles. The minimum atomic E-state index is 0.212. The molecular formula is C47H33N5. The molecule has 5 nitrogen and oxygen atoms in total. The SMILES string of the molecule is C1=CC2C(C3=Cc4c(c5ccccc5n4-c4nc(-c5ccccc5)c5cccnc5n4)CC3)=Cc3c(n(-c4ccccc4)c4ccccc34)C2C=C1. The third-order valence-corrected chi connectivity index (χ3v) is 11.1. The Hall–Kier alpha value is -6.59. The Bertz CT molecular complexity index is 2850. The number of allylic oxidation sites excluding steroid dienone is 6. The summed E-state index contributed by atoms with van der Waals surface area (Å²) in [6.45, 7) is 0. The van der Waals surface area contributed by atoms with Gasteiger partial charge in [0.1, 0.15) is 0 Å². The lowest BCUT2D eigenvalue weighted by Gasteiger charge is -2.34. The topological polar surface area (TPSA) is 48.5 Å². The summed E-state index contributed by atoms with van der Waals surface area (Å²) in [5.41, 5.74) is 14.1. The highest BCUT2D eigenvalue weighted by Gasteiger charge is 2.36. The van der Waals surface area contributed by atoms with E-state index in [4.69, 9.17) is 15.0 Å². The van der Waals surface area contributed by atoms with E-state index in [1.807, 2.05) is 18.3 Å². The van der Waals surface area contributed by atoms with Crippen molar-refractivity contribution in [2.75, 3.05) is 0 Å². The summed E-state index contributed by atoms with van der Waals surface area (Å²) in [5.74, 6) is 1.08. The van der Waals surface area contributed by atoms with Crippen LogP contribution >= 0.6 is 0 Å². The lowest BCUT2D eigenvalue weighted by Crippen LogP contribution is -2.22. The van der Waals surface area contributed by atoms with Gasteiger partial charge in [-0.2, -0.15) is 4.98 Å². The molecule has 4 heterocycles. The van der Waals surface area contributed by atoms with E-state index in [-0.39, 0.29) is 11.8 Å². The Morgan fingerprint density at radius 1 is 0.577 bits per heavy atom. The number of pyridine rings is 1. The summed E-state index contributed by atoms with van der Waals surface area (Å²) >= 11 is 0. The number of fused-ring (bicyclic) bond motifs is 9. The molecule has 3 aliphatic rings. The van der Waals surface area contributed by atoms with Crippen LogP contribution in [0.25, 0.3) is 67.9 Å². The molecule has 246 valence electrons. The van der Waals surface area contributed by atoms with Crippen LogP contribution in [0, 0.1) is 5.92 Å². The van der Waals surface area contributed by atoms with Gasteiger partial charge in [0.2, 0.25) is 5.95 Å². The van der Waals surface area contributed by atoms with Crippen molar-refractivity contribution in [3.63, 3.8) is 0 Å². The van der Waals surface area contributed by atoms with Crippen molar-refractivity contribution < 1.29 is 0 Å². The molecule has 0 spiro atoms. The summed E-state index contributed by atoms with van der Waals surface area (Å²) in [6, 6.07) is 42.8. The predicted octanol–water partition coefficient (Wildman–Crippen LogP) is 10.8. The highest BCUT2D eigenvalue weighted by atomic mass is 15.2. The molecule has 3 aliphatic carbocycles. The highest BCUT2D eigenvalue weighted by Crippen LogP contribution is 2.50. The maximum absolute atomic E-state index is 5.32. The predicted molar refractivity (Wildman–Crippen MR) is 212 cm³/mol. The average molecular weight is 668 g/mol. The van der Waals surface area contributed by atoms with Crippen LogP contribution in [-0.4, -0.2) is 24.1 Å². The van der Waals surface area contributed by atoms with Gasteiger partial charge in [-0.05, 0) is 78.1 Å². The number of rotatable bonds is 4.